The minimum absolute atomic E-state index is 0.967. The fraction of sp³-hybridized carbons (Fsp3) is 0.158. The molecule has 0 N–H and O–H groups in total. The van der Waals surface area contributed by atoms with Gasteiger partial charge in [0.05, 0.1) is 0 Å². The molecule has 0 radical (unpaired) electrons. The van der Waals surface area contributed by atoms with Crippen molar-refractivity contribution >= 4 is 5.69 Å². The number of benzene rings is 2. The van der Waals surface area contributed by atoms with E-state index in [4.69, 9.17) is 0 Å². The molecule has 1 heterocycles. The summed E-state index contributed by atoms with van der Waals surface area (Å²) in [7, 11) is 0. The largest absolute Gasteiger partial charge is 0.344 e. The van der Waals surface area contributed by atoms with Gasteiger partial charge < -0.3 is 4.90 Å². The summed E-state index contributed by atoms with van der Waals surface area (Å²) in [5.74, 6) is 0. The van der Waals surface area contributed by atoms with E-state index >= 15 is 0 Å². The van der Waals surface area contributed by atoms with Crippen LogP contribution in [0.5, 0.6) is 0 Å². The van der Waals surface area contributed by atoms with Gasteiger partial charge in [0, 0.05) is 18.4 Å². The first kappa shape index (κ1) is 12.7. The molecule has 1 aliphatic rings. The molecule has 0 spiro atoms. The average Bonchev–Trinajstić information content (AvgIpc) is 2.48. The van der Waals surface area contributed by atoms with E-state index in [-0.39, 0.29) is 0 Å². The van der Waals surface area contributed by atoms with Crippen molar-refractivity contribution < 1.29 is 0 Å². The lowest BCUT2D eigenvalue weighted by Gasteiger charge is -2.25. The SMILES string of the molecule is Cc1cccc(CC2=CC=CN(c3ccccc3)C2)c1. The van der Waals surface area contributed by atoms with Gasteiger partial charge in [0.1, 0.15) is 0 Å². The molecule has 2 aromatic rings. The number of aryl methyl sites for hydroxylation is 1. The molecule has 1 heteroatoms. The molecule has 0 saturated carbocycles. The third kappa shape index (κ3) is 3.00. The first-order valence-corrected chi connectivity index (χ1v) is 7.05. The van der Waals surface area contributed by atoms with Crippen LogP contribution in [0.15, 0.2) is 78.5 Å². The Bertz CT molecular complexity index is 638. The van der Waals surface area contributed by atoms with Crippen molar-refractivity contribution in [2.45, 2.75) is 13.3 Å². The van der Waals surface area contributed by atoms with Crippen LogP contribution in [0.2, 0.25) is 0 Å². The predicted octanol–water partition coefficient (Wildman–Crippen LogP) is 4.50. The molecule has 0 saturated heterocycles. The number of hydrogen-bond donors (Lipinski definition) is 0. The van der Waals surface area contributed by atoms with Gasteiger partial charge in [0.15, 0.2) is 0 Å². The highest BCUT2D eigenvalue weighted by atomic mass is 15.1. The Morgan fingerprint density at radius 3 is 2.65 bits per heavy atom. The van der Waals surface area contributed by atoms with Gasteiger partial charge in [-0.2, -0.15) is 0 Å². The molecular formula is C19H19N. The molecule has 100 valence electrons. The van der Waals surface area contributed by atoms with Crippen LogP contribution in [0.25, 0.3) is 0 Å². The van der Waals surface area contributed by atoms with Crippen molar-refractivity contribution in [3.05, 3.63) is 89.6 Å². The second-order valence-corrected chi connectivity index (χ2v) is 5.30. The summed E-state index contributed by atoms with van der Waals surface area (Å²) in [6.45, 7) is 3.11. The van der Waals surface area contributed by atoms with Crippen molar-refractivity contribution in [3.8, 4) is 0 Å². The highest BCUT2D eigenvalue weighted by Crippen LogP contribution is 2.20. The number of allylic oxidation sites excluding steroid dienone is 2. The Labute approximate surface area is 120 Å². The molecule has 20 heavy (non-hydrogen) atoms. The summed E-state index contributed by atoms with van der Waals surface area (Å²) in [5.41, 5.74) is 5.41. The molecule has 1 nitrogen and oxygen atoms in total. The molecule has 0 aliphatic carbocycles. The van der Waals surface area contributed by atoms with Crippen molar-refractivity contribution in [2.75, 3.05) is 11.4 Å². The molecule has 2 aromatic carbocycles. The van der Waals surface area contributed by atoms with Crippen LogP contribution in [-0.2, 0) is 6.42 Å². The zero-order valence-electron chi connectivity index (χ0n) is 11.8. The van der Waals surface area contributed by atoms with E-state index in [0.29, 0.717) is 0 Å². The molecule has 1 aliphatic heterocycles. The third-order valence-corrected chi connectivity index (χ3v) is 3.57. The molecule has 0 fully saturated rings. The number of para-hydroxylation sites is 1. The normalized spacial score (nSPS) is 14.2. The van der Waals surface area contributed by atoms with Crippen LogP contribution >= 0.6 is 0 Å². The van der Waals surface area contributed by atoms with Gasteiger partial charge in [0.25, 0.3) is 0 Å². The quantitative estimate of drug-likeness (QED) is 0.786. The first-order valence-electron chi connectivity index (χ1n) is 7.05. The molecule has 3 rings (SSSR count). The third-order valence-electron chi connectivity index (χ3n) is 3.57. The maximum atomic E-state index is 2.30. The number of nitrogens with zero attached hydrogens (tertiary/aromatic N) is 1. The van der Waals surface area contributed by atoms with Gasteiger partial charge in [0.2, 0.25) is 0 Å². The fourth-order valence-corrected chi connectivity index (χ4v) is 2.60. The maximum Gasteiger partial charge on any atom is 0.0441 e. The van der Waals surface area contributed by atoms with Gasteiger partial charge in [-0.15, -0.1) is 0 Å². The number of hydrogen-bond acceptors (Lipinski definition) is 1. The van der Waals surface area contributed by atoms with Crippen molar-refractivity contribution in [2.24, 2.45) is 0 Å². The molecule has 0 amide bonds. The number of rotatable bonds is 3. The highest BCUT2D eigenvalue weighted by Gasteiger charge is 2.09. The lowest BCUT2D eigenvalue weighted by Crippen LogP contribution is -2.22. The second kappa shape index (κ2) is 5.79. The van der Waals surface area contributed by atoms with Crippen LogP contribution in [0.3, 0.4) is 0 Å². The fourth-order valence-electron chi connectivity index (χ4n) is 2.60. The zero-order chi connectivity index (χ0) is 13.8. The van der Waals surface area contributed by atoms with E-state index in [2.05, 4.69) is 84.8 Å². The Hall–Kier alpha value is -2.28. The molecule has 0 atom stereocenters. The Kier molecular flexibility index (Phi) is 3.69. The lowest BCUT2D eigenvalue weighted by molar-refractivity contribution is 0.959. The topological polar surface area (TPSA) is 3.24 Å². The van der Waals surface area contributed by atoms with E-state index in [1.54, 1.807) is 0 Å². The zero-order valence-corrected chi connectivity index (χ0v) is 11.8. The van der Waals surface area contributed by atoms with E-state index in [0.717, 1.165) is 13.0 Å². The van der Waals surface area contributed by atoms with E-state index in [9.17, 15) is 0 Å². The van der Waals surface area contributed by atoms with Crippen LogP contribution in [0.4, 0.5) is 5.69 Å². The smallest absolute Gasteiger partial charge is 0.0441 e. The van der Waals surface area contributed by atoms with Crippen LogP contribution < -0.4 is 4.90 Å². The molecular weight excluding hydrogens is 242 g/mol. The van der Waals surface area contributed by atoms with Gasteiger partial charge in [-0.25, -0.2) is 0 Å². The average molecular weight is 261 g/mol. The second-order valence-electron chi connectivity index (χ2n) is 5.30. The lowest BCUT2D eigenvalue weighted by atomic mass is 10.0. The van der Waals surface area contributed by atoms with Gasteiger partial charge in [-0.05, 0) is 42.7 Å². The van der Waals surface area contributed by atoms with Crippen molar-refractivity contribution in [3.63, 3.8) is 0 Å². The van der Waals surface area contributed by atoms with E-state index in [1.807, 2.05) is 0 Å². The minimum Gasteiger partial charge on any atom is -0.344 e. The minimum atomic E-state index is 0.967. The summed E-state index contributed by atoms with van der Waals surface area (Å²) in [6, 6.07) is 19.3. The summed E-state index contributed by atoms with van der Waals surface area (Å²) < 4.78 is 0. The van der Waals surface area contributed by atoms with Crippen LogP contribution in [-0.4, -0.2) is 6.54 Å². The van der Waals surface area contributed by atoms with Gasteiger partial charge in [-0.3, -0.25) is 0 Å². The Morgan fingerprint density at radius 1 is 1.00 bits per heavy atom. The Morgan fingerprint density at radius 2 is 1.85 bits per heavy atom. The summed E-state index contributed by atoms with van der Waals surface area (Å²) in [5, 5.41) is 0. The predicted molar refractivity (Wildman–Crippen MR) is 85.9 cm³/mol. The van der Waals surface area contributed by atoms with E-state index < -0.39 is 0 Å². The molecule has 0 aromatic heterocycles. The van der Waals surface area contributed by atoms with Crippen LogP contribution in [0.1, 0.15) is 11.1 Å². The Balaban J connectivity index is 1.73. The van der Waals surface area contributed by atoms with Gasteiger partial charge >= 0.3 is 0 Å². The molecule has 0 unspecified atom stereocenters. The summed E-state index contributed by atoms with van der Waals surface area (Å²) >= 11 is 0. The van der Waals surface area contributed by atoms with Crippen molar-refractivity contribution in [1.29, 1.82) is 0 Å². The maximum absolute atomic E-state index is 2.30. The first-order chi connectivity index (χ1) is 9.81. The molecule has 0 bridgehead atoms. The van der Waals surface area contributed by atoms with Crippen LogP contribution in [0, 0.1) is 6.92 Å². The van der Waals surface area contributed by atoms with Crippen molar-refractivity contribution in [1.82, 2.24) is 0 Å². The summed E-state index contributed by atoms with van der Waals surface area (Å²) in [4.78, 5) is 2.30. The monoisotopic (exact) mass is 261 g/mol. The standard InChI is InChI=1S/C19H19N/c1-16-7-5-8-17(13-16)14-18-9-6-12-20(15-18)19-10-3-2-4-11-19/h2-13H,14-15H2,1H3. The highest BCUT2D eigenvalue weighted by molar-refractivity contribution is 5.52. The van der Waals surface area contributed by atoms with Gasteiger partial charge in [-0.1, -0.05) is 54.1 Å². The summed E-state index contributed by atoms with van der Waals surface area (Å²) in [6.07, 6.45) is 7.55. The number of anilines is 1. The van der Waals surface area contributed by atoms with E-state index in [1.165, 1.54) is 22.4 Å².